The Morgan fingerprint density at radius 3 is 2.73 bits per heavy atom. The molecule has 0 aliphatic carbocycles. The van der Waals surface area contributed by atoms with Crippen LogP contribution in [0, 0.1) is 5.82 Å². The first-order valence-electron chi connectivity index (χ1n) is 11.2. The molecule has 0 bridgehead atoms. The summed E-state index contributed by atoms with van der Waals surface area (Å²) in [6.45, 7) is 4.09. The monoisotopic (exact) mass is 420 g/mol. The Bertz CT molecular complexity index is 671. The highest BCUT2D eigenvalue weighted by Gasteiger charge is 2.24. The summed E-state index contributed by atoms with van der Waals surface area (Å²) in [5.41, 5.74) is 0.958. The zero-order valence-corrected chi connectivity index (χ0v) is 18.6. The van der Waals surface area contributed by atoms with Crippen molar-refractivity contribution in [2.75, 3.05) is 54.0 Å². The molecule has 7 heteroatoms. The summed E-state index contributed by atoms with van der Waals surface area (Å²) in [7, 11) is 5.84. The maximum Gasteiger partial charge on any atom is 0.193 e. The summed E-state index contributed by atoms with van der Waals surface area (Å²) in [5.74, 6) is 0.691. The first-order chi connectivity index (χ1) is 14.6. The third-order valence-electron chi connectivity index (χ3n) is 6.06. The van der Waals surface area contributed by atoms with Crippen molar-refractivity contribution in [1.82, 2.24) is 15.1 Å². The molecule has 0 aromatic heterocycles. The van der Waals surface area contributed by atoms with E-state index in [0.29, 0.717) is 12.6 Å². The highest BCUT2D eigenvalue weighted by Crippen LogP contribution is 2.20. The minimum atomic E-state index is -0.204. The van der Waals surface area contributed by atoms with E-state index >= 15 is 0 Å². The van der Waals surface area contributed by atoms with E-state index in [2.05, 4.69) is 20.1 Å². The van der Waals surface area contributed by atoms with Gasteiger partial charge in [-0.2, -0.15) is 0 Å². The van der Waals surface area contributed by atoms with Gasteiger partial charge >= 0.3 is 0 Å². The van der Waals surface area contributed by atoms with Crippen molar-refractivity contribution in [3.63, 3.8) is 0 Å². The zero-order valence-electron chi connectivity index (χ0n) is 18.6. The minimum Gasteiger partial charge on any atom is -0.376 e. The van der Waals surface area contributed by atoms with E-state index in [1.807, 2.05) is 27.2 Å². The molecule has 3 rings (SSSR count). The lowest BCUT2D eigenvalue weighted by atomic mass is 10.1. The van der Waals surface area contributed by atoms with E-state index in [-0.39, 0.29) is 18.0 Å². The van der Waals surface area contributed by atoms with Crippen LogP contribution in [0.25, 0.3) is 0 Å². The number of nitrogens with zero attached hydrogens (tertiary/aromatic N) is 3. The Hall–Kier alpha value is -1.70. The highest BCUT2D eigenvalue weighted by atomic mass is 19.1. The van der Waals surface area contributed by atoms with Gasteiger partial charge < -0.3 is 24.6 Å². The van der Waals surface area contributed by atoms with Crippen LogP contribution in [0.15, 0.2) is 29.3 Å². The van der Waals surface area contributed by atoms with Crippen LogP contribution in [-0.2, 0) is 9.47 Å². The van der Waals surface area contributed by atoms with Crippen molar-refractivity contribution in [2.45, 2.75) is 50.4 Å². The predicted octanol–water partition coefficient (Wildman–Crippen LogP) is 3.05. The SMILES string of the molecule is CN=C(NCC(c1cccc(F)c1)N(C)C)N1CCC(OCC2CCCCO2)CC1. The van der Waals surface area contributed by atoms with E-state index in [9.17, 15) is 4.39 Å². The molecule has 2 aliphatic heterocycles. The molecule has 1 N–H and O–H groups in total. The van der Waals surface area contributed by atoms with Crippen LogP contribution in [0.2, 0.25) is 0 Å². The van der Waals surface area contributed by atoms with E-state index in [4.69, 9.17) is 9.47 Å². The van der Waals surface area contributed by atoms with Gasteiger partial charge in [-0.3, -0.25) is 4.99 Å². The van der Waals surface area contributed by atoms with Gasteiger partial charge in [-0.05, 0) is 63.9 Å². The molecule has 1 aromatic rings. The summed E-state index contributed by atoms with van der Waals surface area (Å²) in [4.78, 5) is 8.86. The number of guanidine groups is 1. The largest absolute Gasteiger partial charge is 0.376 e. The number of rotatable bonds is 7. The Labute approximate surface area is 180 Å². The van der Waals surface area contributed by atoms with Gasteiger partial charge in [0.25, 0.3) is 0 Å². The molecule has 30 heavy (non-hydrogen) atoms. The molecule has 1 aromatic carbocycles. The van der Waals surface area contributed by atoms with Crippen LogP contribution in [0.3, 0.4) is 0 Å². The van der Waals surface area contributed by atoms with E-state index < -0.39 is 0 Å². The second-order valence-electron chi connectivity index (χ2n) is 8.47. The molecule has 168 valence electrons. The highest BCUT2D eigenvalue weighted by molar-refractivity contribution is 5.80. The predicted molar refractivity (Wildman–Crippen MR) is 118 cm³/mol. The fourth-order valence-electron chi connectivity index (χ4n) is 4.25. The zero-order chi connectivity index (χ0) is 21.3. The van der Waals surface area contributed by atoms with Crippen LogP contribution >= 0.6 is 0 Å². The number of likely N-dealkylation sites (N-methyl/N-ethyl adjacent to an activating group) is 1. The number of aliphatic imine (C=N–C) groups is 1. The first kappa shape index (κ1) is 23.0. The summed E-state index contributed by atoms with van der Waals surface area (Å²) >= 11 is 0. The number of hydrogen-bond donors (Lipinski definition) is 1. The lowest BCUT2D eigenvalue weighted by Gasteiger charge is -2.36. The molecule has 2 atom stereocenters. The number of ether oxygens (including phenoxy) is 2. The number of likely N-dealkylation sites (tertiary alicyclic amines) is 1. The Morgan fingerprint density at radius 1 is 1.30 bits per heavy atom. The van der Waals surface area contributed by atoms with Crippen molar-refractivity contribution < 1.29 is 13.9 Å². The Morgan fingerprint density at radius 2 is 2.10 bits per heavy atom. The van der Waals surface area contributed by atoms with Gasteiger partial charge in [0.1, 0.15) is 5.82 Å². The molecule has 6 nitrogen and oxygen atoms in total. The van der Waals surface area contributed by atoms with Crippen LogP contribution < -0.4 is 5.32 Å². The maximum atomic E-state index is 13.7. The molecule has 2 heterocycles. The van der Waals surface area contributed by atoms with Gasteiger partial charge in [0.15, 0.2) is 5.96 Å². The molecule has 0 radical (unpaired) electrons. The fraction of sp³-hybridized carbons (Fsp3) is 0.696. The molecular formula is C23H37FN4O2. The average molecular weight is 421 g/mol. The Balaban J connectivity index is 1.45. The summed E-state index contributed by atoms with van der Waals surface area (Å²) in [5, 5.41) is 3.49. The second kappa shape index (κ2) is 11.6. The van der Waals surface area contributed by atoms with Crippen molar-refractivity contribution >= 4 is 5.96 Å². The standard InChI is InChI=1S/C23H37FN4O2/c1-25-23(26-16-22(27(2)3)18-7-6-8-19(24)15-18)28-12-10-20(11-13-28)30-17-21-9-4-5-14-29-21/h6-8,15,20-22H,4-5,9-14,16-17H2,1-3H3,(H,25,26). The lowest BCUT2D eigenvalue weighted by molar-refractivity contribution is -0.0721. The van der Waals surface area contributed by atoms with Gasteiger partial charge in [-0.25, -0.2) is 4.39 Å². The number of nitrogens with one attached hydrogen (secondary N) is 1. The quantitative estimate of drug-likeness (QED) is 0.543. The van der Waals surface area contributed by atoms with Gasteiger partial charge in [-0.15, -0.1) is 0 Å². The topological polar surface area (TPSA) is 49.3 Å². The first-order valence-corrected chi connectivity index (χ1v) is 11.2. The van der Waals surface area contributed by atoms with Crippen LogP contribution in [0.4, 0.5) is 4.39 Å². The normalized spacial score (nSPS) is 22.4. The molecule has 0 saturated carbocycles. The molecule has 2 aliphatic rings. The maximum absolute atomic E-state index is 13.7. The summed E-state index contributed by atoms with van der Waals surface area (Å²) in [6, 6.07) is 6.88. The van der Waals surface area contributed by atoms with Gasteiger partial charge in [0, 0.05) is 33.3 Å². The Kier molecular flexibility index (Phi) is 8.90. The number of halogens is 1. The molecule has 2 fully saturated rings. The van der Waals surface area contributed by atoms with E-state index in [1.54, 1.807) is 12.1 Å². The van der Waals surface area contributed by atoms with Crippen LogP contribution in [0.1, 0.15) is 43.7 Å². The molecule has 0 amide bonds. The van der Waals surface area contributed by atoms with Gasteiger partial charge in [0.05, 0.1) is 24.9 Å². The van der Waals surface area contributed by atoms with Gasteiger partial charge in [0.2, 0.25) is 0 Å². The smallest absolute Gasteiger partial charge is 0.193 e. The van der Waals surface area contributed by atoms with E-state index in [1.165, 1.54) is 18.9 Å². The molecular weight excluding hydrogens is 383 g/mol. The van der Waals surface area contributed by atoms with Gasteiger partial charge in [-0.1, -0.05) is 12.1 Å². The number of piperidine rings is 1. The van der Waals surface area contributed by atoms with Crippen molar-refractivity contribution in [2.24, 2.45) is 4.99 Å². The third-order valence-corrected chi connectivity index (χ3v) is 6.06. The molecule has 0 spiro atoms. The van der Waals surface area contributed by atoms with Crippen LogP contribution in [0.5, 0.6) is 0 Å². The molecule has 2 saturated heterocycles. The lowest BCUT2D eigenvalue weighted by Crippen LogP contribution is -2.48. The van der Waals surface area contributed by atoms with Crippen LogP contribution in [-0.4, -0.2) is 82.0 Å². The average Bonchev–Trinajstić information content (AvgIpc) is 2.76. The van der Waals surface area contributed by atoms with Crippen molar-refractivity contribution in [1.29, 1.82) is 0 Å². The van der Waals surface area contributed by atoms with Crippen molar-refractivity contribution in [3.8, 4) is 0 Å². The second-order valence-corrected chi connectivity index (χ2v) is 8.47. The van der Waals surface area contributed by atoms with Crippen molar-refractivity contribution in [3.05, 3.63) is 35.6 Å². The minimum absolute atomic E-state index is 0.0637. The number of hydrogen-bond acceptors (Lipinski definition) is 4. The number of benzene rings is 1. The summed E-state index contributed by atoms with van der Waals surface area (Å²) in [6.07, 6.45) is 6.10. The fourth-order valence-corrected chi connectivity index (χ4v) is 4.25. The molecule has 2 unspecified atom stereocenters. The summed E-state index contributed by atoms with van der Waals surface area (Å²) < 4.78 is 25.6. The third kappa shape index (κ3) is 6.65. The van der Waals surface area contributed by atoms with E-state index in [0.717, 1.165) is 57.1 Å².